The van der Waals surface area contributed by atoms with Crippen LogP contribution >= 0.6 is 0 Å². The summed E-state index contributed by atoms with van der Waals surface area (Å²) in [5.74, 6) is -1.10. The third-order valence-electron chi connectivity index (χ3n) is 10.0. The number of hydrogen-bond acceptors (Lipinski definition) is 6. The van der Waals surface area contributed by atoms with Gasteiger partial charge in [0.05, 0.1) is 0 Å². The van der Waals surface area contributed by atoms with Crippen molar-refractivity contribution in [3.8, 4) is 0 Å². The molecule has 0 aliphatic carbocycles. The first-order valence-corrected chi connectivity index (χ1v) is 25.3. The average Bonchev–Trinajstić information content (AvgIpc) is 3.29. The van der Waals surface area contributed by atoms with E-state index in [4.69, 9.17) is 14.2 Å². The van der Waals surface area contributed by atoms with E-state index in [1.807, 2.05) is 66.8 Å². The zero-order valence-corrected chi connectivity index (χ0v) is 40.7. The molecule has 0 heterocycles. The Morgan fingerprint density at radius 1 is 0.344 bits per heavy atom. The molecule has 0 aromatic rings. The highest BCUT2D eigenvalue weighted by molar-refractivity contribution is 5.71. The lowest BCUT2D eigenvalue weighted by atomic mass is 10.0. The molecule has 0 fully saturated rings. The lowest BCUT2D eigenvalue weighted by Crippen LogP contribution is -2.30. The van der Waals surface area contributed by atoms with E-state index < -0.39 is 6.10 Å². The summed E-state index contributed by atoms with van der Waals surface area (Å²) in [7, 11) is 0. The van der Waals surface area contributed by atoms with Crippen LogP contribution in [0.1, 0.15) is 194 Å². The van der Waals surface area contributed by atoms with Crippen LogP contribution in [-0.4, -0.2) is 37.2 Å². The van der Waals surface area contributed by atoms with Crippen LogP contribution in [0.4, 0.5) is 0 Å². The number of allylic oxidation sites excluding steroid dienone is 22. The number of esters is 3. The molecule has 0 bridgehead atoms. The largest absolute Gasteiger partial charge is 0.462 e. The second-order valence-electron chi connectivity index (χ2n) is 16.1. The maximum absolute atomic E-state index is 12.8. The third-order valence-corrected chi connectivity index (χ3v) is 10.0. The van der Waals surface area contributed by atoms with Gasteiger partial charge in [-0.25, -0.2) is 0 Å². The van der Waals surface area contributed by atoms with Crippen molar-refractivity contribution in [3.63, 3.8) is 0 Å². The average molecular weight is 883 g/mol. The zero-order valence-electron chi connectivity index (χ0n) is 40.7. The van der Waals surface area contributed by atoms with Gasteiger partial charge in [0.2, 0.25) is 0 Å². The molecule has 0 spiro atoms. The SMILES string of the molecule is CC/C=C/C=C/C=C/C=C/C=C/CCCC(=O)OCC(COC(=O)CC/C=C/C/C=C/C/C=C/C/C=C/C/C=C/C/C=C/CC)OC(=O)CCCCCCCCCCCCCCCC. The summed E-state index contributed by atoms with van der Waals surface area (Å²) in [6.45, 7) is 6.23. The van der Waals surface area contributed by atoms with Crippen LogP contribution in [0, 0.1) is 0 Å². The van der Waals surface area contributed by atoms with Crippen LogP contribution in [0.2, 0.25) is 0 Å². The minimum Gasteiger partial charge on any atom is -0.462 e. The normalized spacial score (nSPS) is 13.2. The molecule has 0 N–H and O–H groups in total. The third kappa shape index (κ3) is 48.6. The minimum absolute atomic E-state index is 0.142. The fraction of sp³-hybridized carbons (Fsp3) is 0.569. The molecule has 0 aliphatic heterocycles. The number of hydrogen-bond donors (Lipinski definition) is 0. The second kappa shape index (κ2) is 51.2. The Morgan fingerprint density at radius 3 is 1.19 bits per heavy atom. The van der Waals surface area contributed by atoms with E-state index in [1.165, 1.54) is 70.6 Å². The lowest BCUT2D eigenvalue weighted by Gasteiger charge is -2.18. The van der Waals surface area contributed by atoms with Gasteiger partial charge in [0.25, 0.3) is 0 Å². The zero-order chi connectivity index (χ0) is 46.5. The van der Waals surface area contributed by atoms with Crippen molar-refractivity contribution in [1.29, 1.82) is 0 Å². The summed E-state index contributed by atoms with van der Waals surface area (Å²) in [5, 5.41) is 0. The van der Waals surface area contributed by atoms with Gasteiger partial charge in [-0.2, -0.15) is 0 Å². The molecule has 0 rings (SSSR count). The van der Waals surface area contributed by atoms with Crippen molar-refractivity contribution in [1.82, 2.24) is 0 Å². The van der Waals surface area contributed by atoms with Gasteiger partial charge in [-0.1, -0.05) is 238 Å². The molecular weight excluding hydrogens is 793 g/mol. The maximum Gasteiger partial charge on any atom is 0.306 e. The first-order valence-electron chi connectivity index (χ1n) is 25.3. The van der Waals surface area contributed by atoms with Crippen molar-refractivity contribution in [2.45, 2.75) is 200 Å². The minimum atomic E-state index is -0.839. The quantitative estimate of drug-likeness (QED) is 0.0200. The predicted molar refractivity (Wildman–Crippen MR) is 274 cm³/mol. The summed E-state index contributed by atoms with van der Waals surface area (Å²) in [5.41, 5.74) is 0. The molecule has 1 atom stereocenters. The number of carbonyl (C=O) groups excluding carboxylic acids is 3. The van der Waals surface area contributed by atoms with Gasteiger partial charge < -0.3 is 14.2 Å². The predicted octanol–water partition coefficient (Wildman–Crippen LogP) is 16.7. The molecule has 358 valence electrons. The van der Waals surface area contributed by atoms with Crippen molar-refractivity contribution in [2.75, 3.05) is 13.2 Å². The Morgan fingerprint density at radius 2 is 0.719 bits per heavy atom. The summed E-state index contributed by atoms with van der Waals surface area (Å²) < 4.78 is 16.6. The van der Waals surface area contributed by atoms with Gasteiger partial charge in [-0.05, 0) is 70.6 Å². The van der Waals surface area contributed by atoms with Crippen LogP contribution in [-0.2, 0) is 28.6 Å². The van der Waals surface area contributed by atoms with E-state index in [9.17, 15) is 14.4 Å². The molecule has 0 aromatic heterocycles. The van der Waals surface area contributed by atoms with Crippen molar-refractivity contribution >= 4 is 17.9 Å². The molecule has 6 heteroatoms. The van der Waals surface area contributed by atoms with Gasteiger partial charge in [0.15, 0.2) is 6.10 Å². The maximum atomic E-state index is 12.8. The van der Waals surface area contributed by atoms with Crippen LogP contribution in [0.5, 0.6) is 0 Å². The Kier molecular flexibility index (Phi) is 47.6. The summed E-state index contributed by atoms with van der Waals surface area (Å²) >= 11 is 0. The van der Waals surface area contributed by atoms with Crippen LogP contribution in [0.3, 0.4) is 0 Å². The van der Waals surface area contributed by atoms with Crippen molar-refractivity contribution < 1.29 is 28.6 Å². The molecule has 1 unspecified atom stereocenters. The number of carbonyl (C=O) groups is 3. The van der Waals surface area contributed by atoms with E-state index in [0.717, 1.165) is 70.6 Å². The Hall–Kier alpha value is -4.45. The molecule has 0 saturated carbocycles. The summed E-state index contributed by atoms with van der Waals surface area (Å²) in [6.07, 6.45) is 71.7. The van der Waals surface area contributed by atoms with Gasteiger partial charge in [-0.15, -0.1) is 0 Å². The summed E-state index contributed by atoms with van der Waals surface area (Å²) in [6, 6.07) is 0. The van der Waals surface area contributed by atoms with Crippen LogP contribution in [0.25, 0.3) is 0 Å². The van der Waals surface area contributed by atoms with E-state index in [-0.39, 0.29) is 44.0 Å². The lowest BCUT2D eigenvalue weighted by molar-refractivity contribution is -0.166. The van der Waals surface area contributed by atoms with Crippen molar-refractivity contribution in [2.24, 2.45) is 0 Å². The molecule has 64 heavy (non-hydrogen) atoms. The van der Waals surface area contributed by atoms with E-state index in [1.54, 1.807) is 0 Å². The molecular formula is C58H90O6. The fourth-order valence-electron chi connectivity index (χ4n) is 6.32. The van der Waals surface area contributed by atoms with Crippen LogP contribution < -0.4 is 0 Å². The monoisotopic (exact) mass is 883 g/mol. The molecule has 0 aromatic carbocycles. The van der Waals surface area contributed by atoms with Crippen molar-refractivity contribution in [3.05, 3.63) is 134 Å². The highest BCUT2D eigenvalue weighted by Gasteiger charge is 2.19. The van der Waals surface area contributed by atoms with Gasteiger partial charge in [0.1, 0.15) is 13.2 Å². The first-order chi connectivity index (χ1) is 31.5. The molecule has 0 saturated heterocycles. The Bertz CT molecular complexity index is 1430. The van der Waals surface area contributed by atoms with Gasteiger partial charge >= 0.3 is 17.9 Å². The number of unbranched alkanes of at least 4 members (excludes halogenated alkanes) is 14. The Balaban J connectivity index is 4.60. The van der Waals surface area contributed by atoms with Gasteiger partial charge in [-0.3, -0.25) is 14.4 Å². The summed E-state index contributed by atoms with van der Waals surface area (Å²) in [4.78, 5) is 37.9. The number of ether oxygens (including phenoxy) is 3. The van der Waals surface area contributed by atoms with Gasteiger partial charge in [0, 0.05) is 19.3 Å². The van der Waals surface area contributed by atoms with E-state index in [2.05, 4.69) is 87.6 Å². The molecule has 0 radical (unpaired) electrons. The highest BCUT2D eigenvalue weighted by atomic mass is 16.6. The number of rotatable bonds is 43. The van der Waals surface area contributed by atoms with Crippen LogP contribution in [0.15, 0.2) is 134 Å². The topological polar surface area (TPSA) is 78.9 Å². The van der Waals surface area contributed by atoms with E-state index >= 15 is 0 Å². The standard InChI is InChI=1S/C58H90O6/c1-4-7-10-13-16-19-22-25-27-28-29-30-31-34-36-39-42-45-48-51-57(60)63-54-55(53-62-56(59)50-47-44-41-38-35-32-24-21-18-15-12-9-6-3)64-58(61)52-49-46-43-40-37-33-26-23-20-17-14-11-8-5-2/h7,9-10,12,15-16,18-19,21,24-25,27,29-30,32,34-36,38,41-42,45,55H,4-6,8,11,13-14,17,20,22-23,26,28,31,33,37,39-40,43-44,46-54H2,1-3H3/b10-7+,12-9+,18-15+,19-16+,24-21+,27-25+,30-29+,35-32+,36-34+,41-38+,45-42+. The molecule has 0 aliphatic rings. The highest BCUT2D eigenvalue weighted by Crippen LogP contribution is 2.14. The second-order valence-corrected chi connectivity index (χ2v) is 16.1. The van der Waals surface area contributed by atoms with E-state index in [0.29, 0.717) is 19.3 Å². The first kappa shape index (κ1) is 59.6. The molecule has 0 amide bonds. The Labute approximate surface area is 392 Å². The molecule has 6 nitrogen and oxygen atoms in total. The fourth-order valence-corrected chi connectivity index (χ4v) is 6.32. The smallest absolute Gasteiger partial charge is 0.306 e.